The molecule has 0 aromatic carbocycles. The van der Waals surface area contributed by atoms with Crippen LogP contribution in [0.3, 0.4) is 0 Å². The Kier molecular flexibility index (Phi) is 3.59. The van der Waals surface area contributed by atoms with E-state index in [0.717, 1.165) is 5.01 Å². The molecular formula is C14H16N4O2S. The standard InChI is InChI=1S/C14H16N4O2S/c1-8-5-12(15-7-11(8)18(19)20)17-13(10-3-4-10)14-16-6-9(2)21-14/h5-7,10,13H,3-4H2,1-2H3,(H,15,17). The predicted octanol–water partition coefficient (Wildman–Crippen LogP) is 3.63. The van der Waals surface area contributed by atoms with Crippen LogP contribution in [0.15, 0.2) is 18.5 Å². The minimum atomic E-state index is -0.408. The zero-order chi connectivity index (χ0) is 15.0. The lowest BCUT2D eigenvalue weighted by Crippen LogP contribution is -2.13. The molecule has 7 heteroatoms. The van der Waals surface area contributed by atoms with Crippen molar-refractivity contribution in [2.45, 2.75) is 32.7 Å². The first-order chi connectivity index (χ1) is 10.0. The third-order valence-corrected chi connectivity index (χ3v) is 4.58. The van der Waals surface area contributed by atoms with Crippen molar-refractivity contribution < 1.29 is 4.92 Å². The normalized spacial score (nSPS) is 15.7. The zero-order valence-corrected chi connectivity index (χ0v) is 12.7. The molecule has 1 atom stereocenters. The summed E-state index contributed by atoms with van der Waals surface area (Å²) < 4.78 is 0. The Morgan fingerprint density at radius 1 is 1.38 bits per heavy atom. The lowest BCUT2D eigenvalue weighted by atomic mass is 10.2. The van der Waals surface area contributed by atoms with Crippen LogP contribution in [0.5, 0.6) is 0 Å². The van der Waals surface area contributed by atoms with E-state index < -0.39 is 4.92 Å². The van der Waals surface area contributed by atoms with Gasteiger partial charge in [-0.3, -0.25) is 10.1 Å². The van der Waals surface area contributed by atoms with E-state index in [1.165, 1.54) is 23.9 Å². The molecule has 1 unspecified atom stereocenters. The molecule has 21 heavy (non-hydrogen) atoms. The van der Waals surface area contributed by atoms with Crippen LogP contribution in [-0.2, 0) is 0 Å². The predicted molar refractivity (Wildman–Crippen MR) is 81.6 cm³/mol. The second-order valence-corrected chi connectivity index (χ2v) is 6.65. The molecule has 0 radical (unpaired) electrons. The Bertz CT molecular complexity index is 681. The van der Waals surface area contributed by atoms with Crippen molar-refractivity contribution in [3.05, 3.63) is 44.0 Å². The number of aryl methyl sites for hydroxylation is 2. The van der Waals surface area contributed by atoms with Gasteiger partial charge in [-0.15, -0.1) is 11.3 Å². The van der Waals surface area contributed by atoms with Crippen molar-refractivity contribution in [1.29, 1.82) is 0 Å². The molecule has 110 valence electrons. The summed E-state index contributed by atoms with van der Waals surface area (Å²) in [6, 6.07) is 1.88. The van der Waals surface area contributed by atoms with Gasteiger partial charge >= 0.3 is 0 Å². The highest BCUT2D eigenvalue weighted by atomic mass is 32.1. The third-order valence-electron chi connectivity index (χ3n) is 3.58. The Morgan fingerprint density at radius 2 is 2.14 bits per heavy atom. The molecule has 1 fully saturated rings. The van der Waals surface area contributed by atoms with E-state index in [1.807, 2.05) is 13.1 Å². The van der Waals surface area contributed by atoms with Gasteiger partial charge < -0.3 is 5.32 Å². The molecule has 2 aromatic rings. The third kappa shape index (κ3) is 3.02. The molecule has 6 nitrogen and oxygen atoms in total. The molecule has 1 saturated carbocycles. The Morgan fingerprint density at radius 3 is 2.67 bits per heavy atom. The lowest BCUT2D eigenvalue weighted by molar-refractivity contribution is -0.385. The SMILES string of the molecule is Cc1cnc(C(Nc2cc(C)c([N+](=O)[O-])cn2)C2CC2)s1. The van der Waals surface area contributed by atoms with Crippen LogP contribution in [0.2, 0.25) is 0 Å². The molecule has 1 aliphatic carbocycles. The maximum Gasteiger partial charge on any atom is 0.290 e. The van der Waals surface area contributed by atoms with Crippen LogP contribution in [0.4, 0.5) is 11.5 Å². The van der Waals surface area contributed by atoms with Gasteiger partial charge in [-0.05, 0) is 38.7 Å². The summed E-state index contributed by atoms with van der Waals surface area (Å²) in [4.78, 5) is 20.2. The number of aromatic nitrogens is 2. The van der Waals surface area contributed by atoms with Crippen LogP contribution in [0.25, 0.3) is 0 Å². The van der Waals surface area contributed by atoms with Gasteiger partial charge in [-0.25, -0.2) is 9.97 Å². The van der Waals surface area contributed by atoms with Gasteiger partial charge in [0.05, 0.1) is 11.0 Å². The smallest absolute Gasteiger partial charge is 0.290 e. The number of nitrogens with zero attached hydrogens (tertiary/aromatic N) is 3. The fourth-order valence-electron chi connectivity index (χ4n) is 2.30. The maximum atomic E-state index is 10.8. The van der Waals surface area contributed by atoms with Crippen molar-refractivity contribution in [1.82, 2.24) is 9.97 Å². The van der Waals surface area contributed by atoms with Gasteiger partial charge in [0.1, 0.15) is 17.0 Å². The van der Waals surface area contributed by atoms with E-state index in [2.05, 4.69) is 15.3 Å². The van der Waals surface area contributed by atoms with Gasteiger partial charge in [0, 0.05) is 16.6 Å². The molecule has 0 saturated heterocycles. The van der Waals surface area contributed by atoms with Gasteiger partial charge in [-0.1, -0.05) is 0 Å². The Hall–Kier alpha value is -2.02. The van der Waals surface area contributed by atoms with E-state index >= 15 is 0 Å². The fourth-order valence-corrected chi connectivity index (χ4v) is 3.22. The quantitative estimate of drug-likeness (QED) is 0.674. The average molecular weight is 304 g/mol. The minimum Gasteiger partial charge on any atom is -0.361 e. The van der Waals surface area contributed by atoms with E-state index in [-0.39, 0.29) is 11.7 Å². The Labute approximate surface area is 126 Å². The highest BCUT2D eigenvalue weighted by molar-refractivity contribution is 7.11. The van der Waals surface area contributed by atoms with Gasteiger partial charge in [-0.2, -0.15) is 0 Å². The number of rotatable bonds is 5. The first kappa shape index (κ1) is 13.9. The summed E-state index contributed by atoms with van der Waals surface area (Å²) in [5, 5.41) is 15.3. The van der Waals surface area contributed by atoms with Crippen LogP contribution in [-0.4, -0.2) is 14.9 Å². The van der Waals surface area contributed by atoms with Crippen LogP contribution in [0.1, 0.15) is 34.3 Å². The van der Waals surface area contributed by atoms with E-state index in [9.17, 15) is 10.1 Å². The zero-order valence-electron chi connectivity index (χ0n) is 11.9. The van der Waals surface area contributed by atoms with Crippen molar-refractivity contribution in [3.63, 3.8) is 0 Å². The molecule has 2 heterocycles. The molecule has 0 amide bonds. The second-order valence-electron chi connectivity index (χ2n) is 5.38. The molecular weight excluding hydrogens is 288 g/mol. The number of nitro groups is 1. The first-order valence-electron chi connectivity index (χ1n) is 6.84. The summed E-state index contributed by atoms with van der Waals surface area (Å²) in [5.74, 6) is 1.25. The number of pyridine rings is 1. The van der Waals surface area contributed by atoms with Gasteiger partial charge in [0.15, 0.2) is 0 Å². The number of thiazole rings is 1. The van der Waals surface area contributed by atoms with E-state index in [0.29, 0.717) is 17.3 Å². The summed E-state index contributed by atoms with van der Waals surface area (Å²) in [7, 11) is 0. The summed E-state index contributed by atoms with van der Waals surface area (Å²) in [6.07, 6.45) is 5.56. The highest BCUT2D eigenvalue weighted by Gasteiger charge is 2.34. The van der Waals surface area contributed by atoms with Crippen LogP contribution >= 0.6 is 11.3 Å². The average Bonchev–Trinajstić information content (AvgIpc) is 3.17. The molecule has 3 rings (SSSR count). The Balaban J connectivity index is 1.83. The van der Waals surface area contributed by atoms with Gasteiger partial charge in [0.25, 0.3) is 5.69 Å². The summed E-state index contributed by atoms with van der Waals surface area (Å²) in [5.41, 5.74) is 0.663. The van der Waals surface area contributed by atoms with E-state index in [4.69, 9.17) is 0 Å². The molecule has 1 aliphatic rings. The molecule has 1 N–H and O–H groups in total. The summed E-state index contributed by atoms with van der Waals surface area (Å²) in [6.45, 7) is 3.77. The molecule has 0 aliphatic heterocycles. The van der Waals surface area contributed by atoms with Crippen molar-refractivity contribution in [2.24, 2.45) is 5.92 Å². The number of nitrogens with one attached hydrogen (secondary N) is 1. The van der Waals surface area contributed by atoms with Crippen LogP contribution < -0.4 is 5.32 Å². The molecule has 0 spiro atoms. The monoisotopic (exact) mass is 304 g/mol. The van der Waals surface area contributed by atoms with Crippen molar-refractivity contribution >= 4 is 22.8 Å². The van der Waals surface area contributed by atoms with Crippen molar-refractivity contribution in [3.8, 4) is 0 Å². The number of hydrogen-bond donors (Lipinski definition) is 1. The highest BCUT2D eigenvalue weighted by Crippen LogP contribution is 2.43. The number of hydrogen-bond acceptors (Lipinski definition) is 6. The lowest BCUT2D eigenvalue weighted by Gasteiger charge is -2.16. The van der Waals surface area contributed by atoms with E-state index in [1.54, 1.807) is 24.3 Å². The second kappa shape index (κ2) is 5.40. The molecule has 2 aromatic heterocycles. The fraction of sp³-hybridized carbons (Fsp3) is 0.429. The van der Waals surface area contributed by atoms with Gasteiger partial charge in [0.2, 0.25) is 0 Å². The number of anilines is 1. The maximum absolute atomic E-state index is 10.8. The molecule has 0 bridgehead atoms. The van der Waals surface area contributed by atoms with Crippen molar-refractivity contribution in [2.75, 3.05) is 5.32 Å². The van der Waals surface area contributed by atoms with Crippen LogP contribution in [0, 0.1) is 29.9 Å². The topological polar surface area (TPSA) is 81.0 Å². The first-order valence-corrected chi connectivity index (χ1v) is 7.66. The summed E-state index contributed by atoms with van der Waals surface area (Å²) >= 11 is 1.69. The minimum absolute atomic E-state index is 0.0496. The largest absolute Gasteiger partial charge is 0.361 e.